The van der Waals surface area contributed by atoms with Crippen LogP contribution in [0.5, 0.6) is 0 Å². The van der Waals surface area contributed by atoms with Gasteiger partial charge in [-0.3, -0.25) is 4.79 Å². The summed E-state index contributed by atoms with van der Waals surface area (Å²) in [6.45, 7) is 2.68. The van der Waals surface area contributed by atoms with Gasteiger partial charge in [0.1, 0.15) is 5.82 Å². The molecule has 0 atom stereocenters. The second-order valence-corrected chi connectivity index (χ2v) is 10.6. The first-order chi connectivity index (χ1) is 17.3. The van der Waals surface area contributed by atoms with Gasteiger partial charge >= 0.3 is 0 Å². The van der Waals surface area contributed by atoms with Crippen molar-refractivity contribution in [2.75, 3.05) is 6.54 Å². The van der Waals surface area contributed by atoms with Crippen LogP contribution in [-0.4, -0.2) is 35.3 Å². The Morgan fingerprint density at radius 1 is 1.00 bits per heavy atom. The maximum absolute atomic E-state index is 13.4. The summed E-state index contributed by atoms with van der Waals surface area (Å²) < 4.78 is 41.7. The van der Waals surface area contributed by atoms with E-state index in [-0.39, 0.29) is 29.9 Å². The first-order valence-corrected chi connectivity index (χ1v) is 13.4. The highest BCUT2D eigenvalue weighted by molar-refractivity contribution is 7.90. The minimum Gasteiger partial charge on any atom is -0.333 e. The predicted octanol–water partition coefficient (Wildman–Crippen LogP) is 5.36. The molecule has 9 heteroatoms. The molecule has 0 saturated carbocycles. The lowest BCUT2D eigenvalue weighted by atomic mass is 10.2. The molecule has 0 aliphatic rings. The third-order valence-corrected chi connectivity index (χ3v) is 7.56. The number of imidazole rings is 1. The van der Waals surface area contributed by atoms with Crippen molar-refractivity contribution >= 4 is 27.3 Å². The number of carbonyl (C=O) groups is 1. The standard InChI is InChI=1S/C27H25ClFN3O3S/c1-2-31(26(33)22-9-6-10-23(28)15-22)18-25-16-30-27(32(25)17-20-7-4-3-5-8-20)36(34,35)19-21-11-13-24(29)14-12-21/h3-16H,2,17-19H2,1H3. The van der Waals surface area contributed by atoms with Crippen molar-refractivity contribution < 1.29 is 17.6 Å². The second-order valence-electron chi connectivity index (χ2n) is 8.32. The average molecular weight is 526 g/mol. The van der Waals surface area contributed by atoms with Crippen LogP contribution >= 0.6 is 11.6 Å². The highest BCUT2D eigenvalue weighted by Gasteiger charge is 2.26. The number of amides is 1. The number of aromatic nitrogens is 2. The Balaban J connectivity index is 1.69. The van der Waals surface area contributed by atoms with Gasteiger partial charge in [0.25, 0.3) is 5.91 Å². The Morgan fingerprint density at radius 2 is 1.72 bits per heavy atom. The molecule has 0 radical (unpaired) electrons. The fraction of sp³-hybridized carbons (Fsp3) is 0.185. The van der Waals surface area contributed by atoms with Crippen LogP contribution in [-0.2, 0) is 28.7 Å². The second kappa shape index (κ2) is 11.1. The first-order valence-electron chi connectivity index (χ1n) is 11.4. The zero-order valence-corrected chi connectivity index (χ0v) is 21.2. The summed E-state index contributed by atoms with van der Waals surface area (Å²) in [5.41, 5.74) is 2.37. The number of carbonyl (C=O) groups excluding carboxylic acids is 1. The van der Waals surface area contributed by atoms with Gasteiger partial charge in [-0.15, -0.1) is 0 Å². The minimum absolute atomic E-state index is 0.100. The van der Waals surface area contributed by atoms with E-state index in [1.54, 1.807) is 33.7 Å². The van der Waals surface area contributed by atoms with Gasteiger partial charge in [0, 0.05) is 17.1 Å². The van der Waals surface area contributed by atoms with Crippen LogP contribution < -0.4 is 0 Å². The molecule has 0 N–H and O–H groups in total. The summed E-state index contributed by atoms with van der Waals surface area (Å²) in [4.78, 5) is 19.0. The minimum atomic E-state index is -3.87. The summed E-state index contributed by atoms with van der Waals surface area (Å²) in [5, 5.41) is 0.358. The van der Waals surface area contributed by atoms with Gasteiger partial charge in [0.05, 0.1) is 30.7 Å². The van der Waals surface area contributed by atoms with Gasteiger partial charge in [0.15, 0.2) is 0 Å². The molecule has 1 heterocycles. The summed E-state index contributed by atoms with van der Waals surface area (Å²) in [6.07, 6.45) is 1.49. The van der Waals surface area contributed by atoms with Crippen molar-refractivity contribution in [1.29, 1.82) is 0 Å². The number of hydrogen-bond acceptors (Lipinski definition) is 4. The predicted molar refractivity (Wildman–Crippen MR) is 137 cm³/mol. The molecule has 0 fully saturated rings. The Hall–Kier alpha value is -3.49. The van der Waals surface area contributed by atoms with Crippen molar-refractivity contribution in [2.24, 2.45) is 0 Å². The van der Waals surface area contributed by atoms with Crippen molar-refractivity contribution in [3.8, 4) is 0 Å². The number of nitrogens with zero attached hydrogens (tertiary/aromatic N) is 3. The number of hydrogen-bond donors (Lipinski definition) is 0. The average Bonchev–Trinajstić information content (AvgIpc) is 3.27. The molecule has 36 heavy (non-hydrogen) atoms. The molecule has 0 saturated heterocycles. The van der Waals surface area contributed by atoms with E-state index in [4.69, 9.17) is 11.6 Å². The Bertz CT molecular complexity index is 1460. The van der Waals surface area contributed by atoms with Gasteiger partial charge in [-0.1, -0.05) is 60.1 Å². The Morgan fingerprint density at radius 3 is 2.39 bits per heavy atom. The van der Waals surface area contributed by atoms with E-state index < -0.39 is 15.7 Å². The normalized spacial score (nSPS) is 11.4. The van der Waals surface area contributed by atoms with Gasteiger partial charge in [-0.25, -0.2) is 17.8 Å². The molecule has 6 nitrogen and oxygen atoms in total. The smallest absolute Gasteiger partial charge is 0.254 e. The first kappa shape index (κ1) is 25.6. The molecule has 3 aromatic carbocycles. The van der Waals surface area contributed by atoms with Crippen LogP contribution in [0.4, 0.5) is 4.39 Å². The Labute approximate surface area is 214 Å². The van der Waals surface area contributed by atoms with Crippen LogP contribution in [0.2, 0.25) is 5.02 Å². The van der Waals surface area contributed by atoms with E-state index in [9.17, 15) is 17.6 Å². The molecular weight excluding hydrogens is 501 g/mol. The lowest BCUT2D eigenvalue weighted by Crippen LogP contribution is -2.31. The number of rotatable bonds is 9. The van der Waals surface area contributed by atoms with Gasteiger partial charge in [0.2, 0.25) is 15.0 Å². The summed E-state index contributed by atoms with van der Waals surface area (Å²) in [5.74, 6) is -0.978. The van der Waals surface area contributed by atoms with E-state index in [1.165, 1.54) is 30.5 Å². The topological polar surface area (TPSA) is 72.3 Å². The van der Waals surface area contributed by atoms with Crippen LogP contribution in [0, 0.1) is 5.82 Å². The fourth-order valence-corrected chi connectivity index (χ4v) is 5.57. The highest BCUT2D eigenvalue weighted by Crippen LogP contribution is 2.22. The number of sulfone groups is 1. The van der Waals surface area contributed by atoms with Crippen molar-refractivity contribution in [3.63, 3.8) is 0 Å². The molecule has 1 amide bonds. The third-order valence-electron chi connectivity index (χ3n) is 5.73. The van der Waals surface area contributed by atoms with Crippen molar-refractivity contribution in [3.05, 3.63) is 118 Å². The fourth-order valence-electron chi connectivity index (χ4n) is 3.89. The molecule has 0 spiro atoms. The maximum Gasteiger partial charge on any atom is 0.254 e. The molecule has 0 bridgehead atoms. The van der Waals surface area contributed by atoms with Gasteiger partial charge < -0.3 is 9.47 Å². The summed E-state index contributed by atoms with van der Waals surface area (Å²) in [7, 11) is -3.87. The van der Waals surface area contributed by atoms with E-state index >= 15 is 0 Å². The zero-order chi connectivity index (χ0) is 25.7. The zero-order valence-electron chi connectivity index (χ0n) is 19.6. The maximum atomic E-state index is 13.4. The molecule has 186 valence electrons. The number of halogens is 2. The number of benzene rings is 3. The van der Waals surface area contributed by atoms with Crippen LogP contribution in [0.1, 0.15) is 34.1 Å². The van der Waals surface area contributed by atoms with Gasteiger partial charge in [-0.05, 0) is 48.4 Å². The molecule has 0 aliphatic carbocycles. The lowest BCUT2D eigenvalue weighted by Gasteiger charge is -2.22. The summed E-state index contributed by atoms with van der Waals surface area (Å²) >= 11 is 6.07. The van der Waals surface area contributed by atoms with E-state index in [0.717, 1.165) is 5.56 Å². The van der Waals surface area contributed by atoms with Crippen LogP contribution in [0.25, 0.3) is 0 Å². The van der Waals surface area contributed by atoms with Crippen molar-refractivity contribution in [1.82, 2.24) is 14.5 Å². The molecule has 0 unspecified atom stereocenters. The molecule has 1 aromatic heterocycles. The third kappa shape index (κ3) is 6.01. The molecule has 0 aliphatic heterocycles. The SMILES string of the molecule is CCN(Cc1cnc(S(=O)(=O)Cc2ccc(F)cc2)n1Cc1ccccc1)C(=O)c1cccc(Cl)c1. The quantitative estimate of drug-likeness (QED) is 0.295. The van der Waals surface area contributed by atoms with Crippen molar-refractivity contribution in [2.45, 2.75) is 30.9 Å². The van der Waals surface area contributed by atoms with E-state index in [0.29, 0.717) is 28.4 Å². The lowest BCUT2D eigenvalue weighted by molar-refractivity contribution is 0.0749. The van der Waals surface area contributed by atoms with Crippen LogP contribution in [0.15, 0.2) is 90.2 Å². The van der Waals surface area contributed by atoms with E-state index in [1.807, 2.05) is 37.3 Å². The highest BCUT2D eigenvalue weighted by atomic mass is 35.5. The van der Waals surface area contributed by atoms with Gasteiger partial charge in [-0.2, -0.15) is 0 Å². The molecule has 4 aromatic rings. The monoisotopic (exact) mass is 525 g/mol. The largest absolute Gasteiger partial charge is 0.333 e. The van der Waals surface area contributed by atoms with E-state index in [2.05, 4.69) is 4.98 Å². The Kier molecular flexibility index (Phi) is 7.86. The molecule has 4 rings (SSSR count). The van der Waals surface area contributed by atoms with Crippen LogP contribution in [0.3, 0.4) is 0 Å². The summed E-state index contributed by atoms with van der Waals surface area (Å²) in [6, 6.07) is 21.5. The molecular formula is C27H25ClFN3O3S.